The summed E-state index contributed by atoms with van der Waals surface area (Å²) in [6.07, 6.45) is -4.94. The summed E-state index contributed by atoms with van der Waals surface area (Å²) in [7, 11) is 1.13. The van der Waals surface area contributed by atoms with Gasteiger partial charge in [0.25, 0.3) is 0 Å². The van der Waals surface area contributed by atoms with Gasteiger partial charge in [0.15, 0.2) is 0 Å². The van der Waals surface area contributed by atoms with E-state index in [9.17, 15) is 22.4 Å². The van der Waals surface area contributed by atoms with Gasteiger partial charge in [0.05, 0.1) is 18.6 Å². The van der Waals surface area contributed by atoms with E-state index in [1.54, 1.807) is 0 Å². The van der Waals surface area contributed by atoms with E-state index >= 15 is 0 Å². The molecule has 0 saturated heterocycles. The fourth-order valence-electron chi connectivity index (χ4n) is 1.69. The second-order valence-corrected chi connectivity index (χ2v) is 3.96. The van der Waals surface area contributed by atoms with Crippen molar-refractivity contribution in [2.75, 3.05) is 13.7 Å². The van der Waals surface area contributed by atoms with E-state index in [1.165, 1.54) is 0 Å². The number of hydrogen-bond acceptors (Lipinski definition) is 3. The van der Waals surface area contributed by atoms with E-state index in [4.69, 9.17) is 5.73 Å². The zero-order valence-corrected chi connectivity index (χ0v) is 10.1. The maximum absolute atomic E-state index is 12.9. The Kier molecular flexibility index (Phi) is 4.88. The van der Waals surface area contributed by atoms with Crippen LogP contribution >= 0.6 is 0 Å². The van der Waals surface area contributed by atoms with E-state index in [-0.39, 0.29) is 18.5 Å². The lowest BCUT2D eigenvalue weighted by Gasteiger charge is -2.17. The highest BCUT2D eigenvalue weighted by molar-refractivity contribution is 5.73. The van der Waals surface area contributed by atoms with E-state index in [0.717, 1.165) is 19.2 Å². The van der Waals surface area contributed by atoms with Gasteiger partial charge in [0, 0.05) is 6.54 Å². The van der Waals surface area contributed by atoms with E-state index < -0.39 is 29.4 Å². The molecule has 0 aliphatic rings. The number of carbonyl (C=O) groups excluding carboxylic acids is 1. The minimum atomic E-state index is -4.69. The topological polar surface area (TPSA) is 52.3 Å². The van der Waals surface area contributed by atoms with Crippen LogP contribution < -0.4 is 5.73 Å². The first kappa shape index (κ1) is 15.4. The Balaban J connectivity index is 3.10. The molecule has 0 aromatic heterocycles. The predicted molar refractivity (Wildman–Crippen MR) is 59.7 cm³/mol. The van der Waals surface area contributed by atoms with Crippen molar-refractivity contribution < 1.29 is 27.1 Å². The molecule has 3 nitrogen and oxygen atoms in total. The summed E-state index contributed by atoms with van der Waals surface area (Å²) in [5.41, 5.74) is 4.04. The van der Waals surface area contributed by atoms with Crippen molar-refractivity contribution in [2.45, 2.75) is 12.6 Å². The molecular weight excluding hydrogens is 266 g/mol. The number of halogens is 4. The van der Waals surface area contributed by atoms with Crippen molar-refractivity contribution in [3.8, 4) is 0 Å². The molecule has 7 heteroatoms. The lowest BCUT2D eigenvalue weighted by molar-refractivity contribution is -0.146. The van der Waals surface area contributed by atoms with Crippen LogP contribution in [0.1, 0.15) is 11.1 Å². The molecule has 0 aliphatic carbocycles. The smallest absolute Gasteiger partial charge is 0.416 e. The van der Waals surface area contributed by atoms with Gasteiger partial charge in [-0.3, -0.25) is 4.79 Å². The second kappa shape index (κ2) is 6.01. The van der Waals surface area contributed by atoms with Gasteiger partial charge < -0.3 is 10.5 Å². The van der Waals surface area contributed by atoms with Crippen LogP contribution in [0.2, 0.25) is 0 Å². The third-order valence-corrected chi connectivity index (χ3v) is 2.66. The molecule has 1 atom stereocenters. The van der Waals surface area contributed by atoms with Gasteiger partial charge in [-0.25, -0.2) is 4.39 Å². The quantitative estimate of drug-likeness (QED) is 0.678. The Morgan fingerprint density at radius 2 is 2.05 bits per heavy atom. The minimum Gasteiger partial charge on any atom is -0.469 e. The number of alkyl halides is 3. The molecule has 1 aromatic rings. The summed E-state index contributed by atoms with van der Waals surface area (Å²) in [6.45, 7) is -0.151. The molecule has 1 rings (SSSR count). The summed E-state index contributed by atoms with van der Waals surface area (Å²) < 4.78 is 55.6. The highest BCUT2D eigenvalue weighted by Crippen LogP contribution is 2.33. The van der Waals surface area contributed by atoms with Gasteiger partial charge in [-0.15, -0.1) is 0 Å². The summed E-state index contributed by atoms with van der Waals surface area (Å²) in [4.78, 5) is 11.3. The Morgan fingerprint density at radius 3 is 2.53 bits per heavy atom. The predicted octanol–water partition coefficient (Wildman–Crippen LogP) is 2.13. The fraction of sp³-hybridized carbons (Fsp3) is 0.417. The Bertz CT molecular complexity index is 460. The molecule has 19 heavy (non-hydrogen) atoms. The van der Waals surface area contributed by atoms with Crippen molar-refractivity contribution in [2.24, 2.45) is 11.7 Å². The highest BCUT2D eigenvalue weighted by atomic mass is 19.4. The van der Waals surface area contributed by atoms with Crippen LogP contribution in [-0.2, 0) is 22.1 Å². The second-order valence-electron chi connectivity index (χ2n) is 3.96. The number of rotatable bonds is 4. The maximum Gasteiger partial charge on any atom is 0.416 e. The zero-order valence-electron chi connectivity index (χ0n) is 10.1. The minimum absolute atomic E-state index is 0.151. The molecule has 0 bridgehead atoms. The standard InChI is InChI=1S/C12H13F4NO2/c1-19-11(18)8(6-17)4-7-2-3-9(13)5-10(7)12(14,15)16/h2-3,5,8H,4,6,17H2,1H3. The average molecular weight is 279 g/mol. The first-order valence-electron chi connectivity index (χ1n) is 5.43. The number of carbonyl (C=O) groups is 1. The van der Waals surface area contributed by atoms with Gasteiger partial charge in [-0.1, -0.05) is 6.07 Å². The van der Waals surface area contributed by atoms with Crippen LogP contribution in [0, 0.1) is 11.7 Å². The van der Waals surface area contributed by atoms with Crippen molar-refractivity contribution >= 4 is 5.97 Å². The summed E-state index contributed by atoms with van der Waals surface area (Å²) in [6, 6.07) is 2.32. The molecule has 2 N–H and O–H groups in total. The largest absolute Gasteiger partial charge is 0.469 e. The van der Waals surface area contributed by atoms with E-state index in [0.29, 0.717) is 6.07 Å². The van der Waals surface area contributed by atoms with Crippen LogP contribution in [0.15, 0.2) is 18.2 Å². The van der Waals surface area contributed by atoms with Crippen molar-refractivity contribution in [1.82, 2.24) is 0 Å². The van der Waals surface area contributed by atoms with Crippen LogP contribution in [0.5, 0.6) is 0 Å². The third-order valence-electron chi connectivity index (χ3n) is 2.66. The summed E-state index contributed by atoms with van der Waals surface area (Å²) in [5, 5.41) is 0. The maximum atomic E-state index is 12.9. The van der Waals surface area contributed by atoms with Gasteiger partial charge in [-0.05, 0) is 24.1 Å². The van der Waals surface area contributed by atoms with Gasteiger partial charge in [-0.2, -0.15) is 13.2 Å². The van der Waals surface area contributed by atoms with Gasteiger partial charge in [0.1, 0.15) is 5.82 Å². The monoisotopic (exact) mass is 279 g/mol. The van der Waals surface area contributed by atoms with Gasteiger partial charge in [0.2, 0.25) is 0 Å². The molecule has 0 heterocycles. The fourth-order valence-corrected chi connectivity index (χ4v) is 1.69. The summed E-state index contributed by atoms with van der Waals surface area (Å²) in [5.74, 6) is -2.57. The molecule has 0 aliphatic heterocycles. The number of hydrogen-bond donors (Lipinski definition) is 1. The lowest BCUT2D eigenvalue weighted by atomic mass is 9.95. The molecule has 0 spiro atoms. The number of nitrogens with two attached hydrogens (primary N) is 1. The number of methoxy groups -OCH3 is 1. The zero-order chi connectivity index (χ0) is 14.6. The molecule has 106 valence electrons. The molecule has 1 aromatic carbocycles. The van der Waals surface area contributed by atoms with Crippen LogP contribution in [-0.4, -0.2) is 19.6 Å². The van der Waals surface area contributed by atoms with Crippen molar-refractivity contribution in [3.05, 3.63) is 35.1 Å². The lowest BCUT2D eigenvalue weighted by Crippen LogP contribution is -2.27. The highest BCUT2D eigenvalue weighted by Gasteiger charge is 2.34. The Morgan fingerprint density at radius 1 is 1.42 bits per heavy atom. The van der Waals surface area contributed by atoms with Crippen LogP contribution in [0.25, 0.3) is 0 Å². The normalized spacial score (nSPS) is 13.2. The Hall–Kier alpha value is -1.63. The molecular formula is C12H13F4NO2. The van der Waals surface area contributed by atoms with Gasteiger partial charge >= 0.3 is 12.1 Å². The average Bonchev–Trinajstić information content (AvgIpc) is 2.35. The van der Waals surface area contributed by atoms with Crippen LogP contribution in [0.4, 0.5) is 17.6 Å². The first-order valence-corrected chi connectivity index (χ1v) is 5.43. The summed E-state index contributed by atoms with van der Waals surface area (Å²) >= 11 is 0. The molecule has 0 saturated carbocycles. The SMILES string of the molecule is COC(=O)C(CN)Cc1ccc(F)cc1C(F)(F)F. The number of benzene rings is 1. The van der Waals surface area contributed by atoms with Crippen LogP contribution in [0.3, 0.4) is 0 Å². The van der Waals surface area contributed by atoms with E-state index in [1.807, 2.05) is 0 Å². The molecule has 0 amide bonds. The van der Waals surface area contributed by atoms with Crippen molar-refractivity contribution in [3.63, 3.8) is 0 Å². The number of esters is 1. The Labute approximate surface area is 107 Å². The van der Waals surface area contributed by atoms with Crippen molar-refractivity contribution in [1.29, 1.82) is 0 Å². The number of ether oxygens (including phenoxy) is 1. The third kappa shape index (κ3) is 3.92. The molecule has 1 unspecified atom stereocenters. The molecule has 0 radical (unpaired) electrons. The molecule has 0 fully saturated rings. The first-order chi connectivity index (χ1) is 8.79. The van der Waals surface area contributed by atoms with E-state index in [2.05, 4.69) is 4.74 Å².